The highest BCUT2D eigenvalue weighted by molar-refractivity contribution is 6.09. The highest BCUT2D eigenvalue weighted by Gasteiger charge is 2.19. The molecule has 0 aliphatic carbocycles. The van der Waals surface area contributed by atoms with Crippen molar-refractivity contribution in [3.8, 4) is 61.3 Å². The summed E-state index contributed by atoms with van der Waals surface area (Å²) in [5.41, 5.74) is 18.7. The zero-order valence-corrected chi connectivity index (χ0v) is 34.1. The second-order valence-electron chi connectivity index (χ2n) is 15.7. The zero-order valence-electron chi connectivity index (χ0n) is 34.1. The van der Waals surface area contributed by atoms with Gasteiger partial charge in [-0.3, -0.25) is 0 Å². The largest absolute Gasteiger partial charge is 0.310 e. The number of para-hydroxylation sites is 2. The fourth-order valence-corrected chi connectivity index (χ4v) is 9.05. The van der Waals surface area contributed by atoms with Gasteiger partial charge < -0.3 is 9.47 Å². The lowest BCUT2D eigenvalue weighted by molar-refractivity contribution is 1.18. The molecule has 0 amide bonds. The minimum Gasteiger partial charge on any atom is -0.310 e. The molecule has 0 bridgehead atoms. The molecule has 62 heavy (non-hydrogen) atoms. The number of nitrogens with zero attached hydrogens (tertiary/aromatic N) is 2. The van der Waals surface area contributed by atoms with E-state index in [2.05, 4.69) is 264 Å². The van der Waals surface area contributed by atoms with Gasteiger partial charge in [-0.15, -0.1) is 0 Å². The van der Waals surface area contributed by atoms with Crippen molar-refractivity contribution in [1.82, 2.24) is 4.57 Å². The first-order valence-electron chi connectivity index (χ1n) is 21.3. The molecule has 0 aliphatic rings. The maximum Gasteiger partial charge on any atom is 0.0541 e. The Balaban J connectivity index is 1.04. The fourth-order valence-electron chi connectivity index (χ4n) is 9.05. The van der Waals surface area contributed by atoms with Gasteiger partial charge in [-0.1, -0.05) is 194 Å². The van der Waals surface area contributed by atoms with Crippen molar-refractivity contribution in [2.24, 2.45) is 0 Å². The van der Waals surface area contributed by atoms with Crippen LogP contribution >= 0.6 is 0 Å². The number of benzene rings is 10. The predicted octanol–water partition coefficient (Wildman–Crippen LogP) is 16.6. The Kier molecular flexibility index (Phi) is 9.57. The highest BCUT2D eigenvalue weighted by atomic mass is 15.1. The smallest absolute Gasteiger partial charge is 0.0541 e. The summed E-state index contributed by atoms with van der Waals surface area (Å²) in [5.74, 6) is 0. The SMILES string of the molecule is c1ccc(-c2ccc(N(c3ccc(-c4ccc(-n5c6ccccc6c6ccccc65)cc4)cc3)c3ccc(-c4ccccc4)c(-c4ccccc4)c3)cc2-c2ccccc2)cc1. The van der Waals surface area contributed by atoms with Crippen LogP contribution in [0.1, 0.15) is 0 Å². The maximum atomic E-state index is 2.40. The van der Waals surface area contributed by atoms with Crippen molar-refractivity contribution >= 4 is 38.9 Å². The Morgan fingerprint density at radius 1 is 0.242 bits per heavy atom. The van der Waals surface area contributed by atoms with Gasteiger partial charge in [0.05, 0.1) is 11.0 Å². The summed E-state index contributed by atoms with van der Waals surface area (Å²) in [4.78, 5) is 2.40. The molecule has 11 aromatic rings. The minimum atomic E-state index is 1.08. The van der Waals surface area contributed by atoms with Crippen molar-refractivity contribution in [2.75, 3.05) is 4.90 Å². The van der Waals surface area contributed by atoms with Crippen LogP contribution in [0.25, 0.3) is 83.1 Å². The van der Waals surface area contributed by atoms with Crippen LogP contribution < -0.4 is 4.90 Å². The summed E-state index contributed by atoms with van der Waals surface area (Å²) in [6.45, 7) is 0. The molecule has 2 nitrogen and oxygen atoms in total. The van der Waals surface area contributed by atoms with Gasteiger partial charge in [-0.25, -0.2) is 0 Å². The van der Waals surface area contributed by atoms with E-state index in [-0.39, 0.29) is 0 Å². The summed E-state index contributed by atoms with van der Waals surface area (Å²) >= 11 is 0. The van der Waals surface area contributed by atoms with E-state index in [4.69, 9.17) is 0 Å². The first-order chi connectivity index (χ1) is 30.8. The maximum absolute atomic E-state index is 2.40. The molecule has 0 unspecified atom stereocenters. The number of fused-ring (bicyclic) bond motifs is 3. The van der Waals surface area contributed by atoms with E-state index in [0.29, 0.717) is 0 Å². The van der Waals surface area contributed by atoms with Gasteiger partial charge in [0, 0.05) is 33.5 Å². The van der Waals surface area contributed by atoms with Gasteiger partial charge in [0.1, 0.15) is 0 Å². The lowest BCUT2D eigenvalue weighted by Crippen LogP contribution is -2.10. The third kappa shape index (κ3) is 6.84. The summed E-state index contributed by atoms with van der Waals surface area (Å²) in [6.07, 6.45) is 0. The molecule has 0 radical (unpaired) electrons. The summed E-state index contributed by atoms with van der Waals surface area (Å²) in [5, 5.41) is 2.53. The van der Waals surface area contributed by atoms with Crippen molar-refractivity contribution in [3.05, 3.63) is 255 Å². The monoisotopic (exact) mass is 790 g/mol. The van der Waals surface area contributed by atoms with Crippen LogP contribution in [0.4, 0.5) is 17.1 Å². The normalized spacial score (nSPS) is 11.2. The van der Waals surface area contributed by atoms with Crippen molar-refractivity contribution in [2.45, 2.75) is 0 Å². The van der Waals surface area contributed by atoms with E-state index in [9.17, 15) is 0 Å². The Labute approximate surface area is 362 Å². The Hall–Kier alpha value is -8.20. The molecule has 10 aromatic carbocycles. The van der Waals surface area contributed by atoms with Gasteiger partial charge >= 0.3 is 0 Å². The molecule has 1 aromatic heterocycles. The lowest BCUT2D eigenvalue weighted by Gasteiger charge is -2.28. The zero-order chi connectivity index (χ0) is 41.2. The second-order valence-corrected chi connectivity index (χ2v) is 15.7. The molecule has 2 heteroatoms. The average molecular weight is 791 g/mol. The van der Waals surface area contributed by atoms with Crippen molar-refractivity contribution < 1.29 is 0 Å². The van der Waals surface area contributed by atoms with Gasteiger partial charge in [0.15, 0.2) is 0 Å². The molecule has 1 heterocycles. The van der Waals surface area contributed by atoms with Gasteiger partial charge in [-0.2, -0.15) is 0 Å². The standard InChI is InChI=1S/C60H42N2/c1-5-17-45(18-6-1)53-39-37-51(41-57(53)47-21-9-3-10-22-47)61(52-38-40-54(46-19-7-2-8-20-46)58(42-52)48-23-11-4-12-24-48)49-33-29-43(30-34-49)44-31-35-50(36-32-44)62-59-27-15-13-25-55(59)56-26-14-16-28-60(56)62/h1-42H. The molecule has 0 spiro atoms. The molecule has 0 saturated carbocycles. The Morgan fingerprint density at radius 2 is 0.581 bits per heavy atom. The average Bonchev–Trinajstić information content (AvgIpc) is 3.70. The van der Waals surface area contributed by atoms with Crippen LogP contribution in [0, 0.1) is 0 Å². The molecular formula is C60H42N2. The first kappa shape index (κ1) is 36.8. The molecule has 0 atom stereocenters. The summed E-state index contributed by atoms with van der Waals surface area (Å²) < 4.78 is 2.37. The summed E-state index contributed by atoms with van der Waals surface area (Å²) in [6, 6.07) is 92.0. The molecule has 292 valence electrons. The predicted molar refractivity (Wildman–Crippen MR) is 263 cm³/mol. The fraction of sp³-hybridized carbons (Fsp3) is 0. The van der Waals surface area contributed by atoms with E-state index in [1.807, 2.05) is 0 Å². The Bertz CT molecular complexity index is 3120. The van der Waals surface area contributed by atoms with E-state index < -0.39 is 0 Å². The number of hydrogen-bond donors (Lipinski definition) is 0. The van der Waals surface area contributed by atoms with E-state index in [0.717, 1.165) is 28.3 Å². The van der Waals surface area contributed by atoms with Crippen LogP contribution in [0.3, 0.4) is 0 Å². The molecule has 0 aliphatic heterocycles. The van der Waals surface area contributed by atoms with Gasteiger partial charge in [-0.05, 0) is 116 Å². The second kappa shape index (κ2) is 16.1. The number of aromatic nitrogens is 1. The van der Waals surface area contributed by atoms with Crippen LogP contribution in [0.5, 0.6) is 0 Å². The van der Waals surface area contributed by atoms with Crippen molar-refractivity contribution in [3.63, 3.8) is 0 Å². The first-order valence-corrected chi connectivity index (χ1v) is 21.3. The van der Waals surface area contributed by atoms with E-state index >= 15 is 0 Å². The topological polar surface area (TPSA) is 8.17 Å². The Morgan fingerprint density at radius 3 is 1.00 bits per heavy atom. The van der Waals surface area contributed by atoms with E-state index in [1.165, 1.54) is 71.9 Å². The van der Waals surface area contributed by atoms with Crippen LogP contribution in [0.15, 0.2) is 255 Å². The quantitative estimate of drug-likeness (QED) is 0.141. The lowest BCUT2D eigenvalue weighted by atomic mass is 9.92. The molecule has 11 rings (SSSR count). The summed E-state index contributed by atoms with van der Waals surface area (Å²) in [7, 11) is 0. The van der Waals surface area contributed by atoms with Crippen LogP contribution in [0.2, 0.25) is 0 Å². The molecule has 0 saturated heterocycles. The number of hydrogen-bond acceptors (Lipinski definition) is 1. The van der Waals surface area contributed by atoms with E-state index in [1.54, 1.807) is 0 Å². The van der Waals surface area contributed by atoms with Crippen LogP contribution in [-0.2, 0) is 0 Å². The molecule has 0 fully saturated rings. The van der Waals surface area contributed by atoms with Crippen LogP contribution in [-0.4, -0.2) is 4.57 Å². The third-order valence-corrected chi connectivity index (χ3v) is 12.0. The van der Waals surface area contributed by atoms with Crippen molar-refractivity contribution in [1.29, 1.82) is 0 Å². The number of rotatable bonds is 9. The third-order valence-electron chi connectivity index (χ3n) is 12.0. The minimum absolute atomic E-state index is 1.08. The van der Waals surface area contributed by atoms with Gasteiger partial charge in [0.2, 0.25) is 0 Å². The van der Waals surface area contributed by atoms with Gasteiger partial charge in [0.25, 0.3) is 0 Å². The highest BCUT2D eigenvalue weighted by Crippen LogP contribution is 2.44. The number of anilines is 3. The molecular weight excluding hydrogens is 749 g/mol. The molecule has 0 N–H and O–H groups in total.